The van der Waals surface area contributed by atoms with E-state index in [9.17, 15) is 12.8 Å². The predicted molar refractivity (Wildman–Crippen MR) is 60.8 cm³/mol. The molecule has 0 spiro atoms. The minimum Gasteiger partial charge on any atom is -0.246 e. The van der Waals surface area contributed by atoms with Crippen LogP contribution < -0.4 is 0 Å². The van der Waals surface area contributed by atoms with E-state index < -0.39 is 21.3 Å². The number of halogens is 1. The van der Waals surface area contributed by atoms with Gasteiger partial charge in [-0.1, -0.05) is 31.0 Å². The van der Waals surface area contributed by atoms with Crippen LogP contribution >= 0.6 is 0 Å². The van der Waals surface area contributed by atoms with E-state index in [0.717, 1.165) is 12.8 Å². The lowest BCUT2D eigenvalue weighted by Gasteiger charge is -2.25. The van der Waals surface area contributed by atoms with Crippen molar-refractivity contribution in [3.63, 3.8) is 0 Å². The summed E-state index contributed by atoms with van der Waals surface area (Å²) in [5.41, 5.74) is 0. The average molecular weight is 242 g/mol. The molecule has 1 aliphatic rings. The highest BCUT2D eigenvalue weighted by molar-refractivity contribution is 7.92. The molecule has 0 amide bonds. The number of hydrogen-bond acceptors (Lipinski definition) is 2. The van der Waals surface area contributed by atoms with E-state index in [-0.39, 0.29) is 4.90 Å². The van der Waals surface area contributed by atoms with Gasteiger partial charge in [0.25, 0.3) is 0 Å². The molecule has 4 heteroatoms. The van der Waals surface area contributed by atoms with Gasteiger partial charge in [0.2, 0.25) is 0 Å². The summed E-state index contributed by atoms with van der Waals surface area (Å²) in [5.74, 6) is 0. The van der Waals surface area contributed by atoms with Crippen molar-refractivity contribution in [1.82, 2.24) is 0 Å². The molecule has 2 atom stereocenters. The highest BCUT2D eigenvalue weighted by atomic mass is 32.2. The van der Waals surface area contributed by atoms with Crippen LogP contribution in [-0.4, -0.2) is 19.8 Å². The first-order valence-electron chi connectivity index (χ1n) is 5.55. The highest BCUT2D eigenvalue weighted by Crippen LogP contribution is 2.30. The standard InChI is InChI=1S/C12H15FO2S/c13-11-8-4-5-9-12(11)16(14,15)10-6-2-1-3-7-10/h1-3,6-7,11-12H,4-5,8-9H2. The second-order valence-corrected chi connectivity index (χ2v) is 6.36. The van der Waals surface area contributed by atoms with Gasteiger partial charge in [-0.05, 0) is 25.0 Å². The Kier molecular flexibility index (Phi) is 3.28. The van der Waals surface area contributed by atoms with Gasteiger partial charge >= 0.3 is 0 Å². The number of alkyl halides is 1. The summed E-state index contributed by atoms with van der Waals surface area (Å²) in [7, 11) is -3.49. The SMILES string of the molecule is O=S(=O)(c1ccccc1)C1CCCCC1F. The zero-order valence-corrected chi connectivity index (χ0v) is 9.79. The van der Waals surface area contributed by atoms with Crippen molar-refractivity contribution >= 4 is 9.84 Å². The molecule has 1 aromatic rings. The Morgan fingerprint density at radius 3 is 2.31 bits per heavy atom. The average Bonchev–Trinajstić information content (AvgIpc) is 2.30. The molecule has 1 fully saturated rings. The fourth-order valence-corrected chi connectivity index (χ4v) is 4.07. The van der Waals surface area contributed by atoms with Crippen molar-refractivity contribution < 1.29 is 12.8 Å². The molecule has 1 saturated carbocycles. The summed E-state index contributed by atoms with van der Waals surface area (Å²) in [6, 6.07) is 8.17. The van der Waals surface area contributed by atoms with Crippen LogP contribution in [0.25, 0.3) is 0 Å². The molecule has 16 heavy (non-hydrogen) atoms. The zero-order valence-electron chi connectivity index (χ0n) is 8.97. The Bertz CT molecular complexity index is 441. The minimum atomic E-state index is -3.49. The van der Waals surface area contributed by atoms with Crippen molar-refractivity contribution in [2.75, 3.05) is 0 Å². The molecule has 1 aliphatic carbocycles. The maximum absolute atomic E-state index is 13.7. The largest absolute Gasteiger partial charge is 0.246 e. The third-order valence-electron chi connectivity index (χ3n) is 3.09. The van der Waals surface area contributed by atoms with Crippen molar-refractivity contribution in [1.29, 1.82) is 0 Å². The number of rotatable bonds is 2. The van der Waals surface area contributed by atoms with E-state index in [0.29, 0.717) is 12.8 Å². The molecule has 88 valence electrons. The molecule has 2 rings (SSSR count). The van der Waals surface area contributed by atoms with E-state index in [2.05, 4.69) is 0 Å². The topological polar surface area (TPSA) is 34.1 Å². The number of benzene rings is 1. The van der Waals surface area contributed by atoms with Gasteiger partial charge in [0.05, 0.1) is 10.1 Å². The van der Waals surface area contributed by atoms with E-state index in [1.54, 1.807) is 18.2 Å². The first-order valence-corrected chi connectivity index (χ1v) is 7.10. The van der Waals surface area contributed by atoms with Gasteiger partial charge in [-0.2, -0.15) is 0 Å². The van der Waals surface area contributed by atoms with Gasteiger partial charge in [0, 0.05) is 0 Å². The first-order chi connectivity index (χ1) is 7.62. The smallest absolute Gasteiger partial charge is 0.184 e. The summed E-state index contributed by atoms with van der Waals surface area (Å²) in [6.45, 7) is 0. The zero-order chi connectivity index (χ0) is 11.6. The first kappa shape index (κ1) is 11.6. The molecule has 0 aliphatic heterocycles. The lowest BCUT2D eigenvalue weighted by Crippen LogP contribution is -2.34. The Morgan fingerprint density at radius 1 is 1.06 bits per heavy atom. The molecule has 0 radical (unpaired) electrons. The second kappa shape index (κ2) is 4.53. The van der Waals surface area contributed by atoms with Gasteiger partial charge < -0.3 is 0 Å². The quantitative estimate of drug-likeness (QED) is 0.799. The molecular weight excluding hydrogens is 227 g/mol. The molecule has 1 aromatic carbocycles. The molecule has 0 heterocycles. The van der Waals surface area contributed by atoms with Gasteiger partial charge in [0.1, 0.15) is 6.17 Å². The Balaban J connectivity index is 2.32. The van der Waals surface area contributed by atoms with Crippen LogP contribution in [0.4, 0.5) is 4.39 Å². The number of sulfone groups is 1. The minimum absolute atomic E-state index is 0.240. The van der Waals surface area contributed by atoms with Crippen LogP contribution in [0.2, 0.25) is 0 Å². The fraction of sp³-hybridized carbons (Fsp3) is 0.500. The summed E-state index contributed by atoms with van der Waals surface area (Å²) in [6.07, 6.45) is 1.20. The van der Waals surface area contributed by atoms with Gasteiger partial charge in [-0.25, -0.2) is 12.8 Å². The summed E-state index contributed by atoms with van der Waals surface area (Å²) >= 11 is 0. The van der Waals surface area contributed by atoms with Crippen LogP contribution in [0.3, 0.4) is 0 Å². The van der Waals surface area contributed by atoms with E-state index >= 15 is 0 Å². The highest BCUT2D eigenvalue weighted by Gasteiger charge is 2.36. The third-order valence-corrected chi connectivity index (χ3v) is 5.35. The third kappa shape index (κ3) is 2.12. The van der Waals surface area contributed by atoms with E-state index in [1.165, 1.54) is 12.1 Å². The summed E-state index contributed by atoms with van der Waals surface area (Å²) in [4.78, 5) is 0.240. The fourth-order valence-electron chi connectivity index (χ4n) is 2.19. The van der Waals surface area contributed by atoms with Gasteiger partial charge in [0.15, 0.2) is 9.84 Å². The monoisotopic (exact) mass is 242 g/mol. The van der Waals surface area contributed by atoms with Crippen LogP contribution in [0, 0.1) is 0 Å². The molecule has 0 bridgehead atoms. The van der Waals surface area contributed by atoms with Crippen LogP contribution in [0.5, 0.6) is 0 Å². The van der Waals surface area contributed by atoms with Crippen molar-refractivity contribution in [2.24, 2.45) is 0 Å². The molecule has 2 nitrogen and oxygen atoms in total. The van der Waals surface area contributed by atoms with Crippen LogP contribution in [0.1, 0.15) is 25.7 Å². The van der Waals surface area contributed by atoms with Crippen LogP contribution in [-0.2, 0) is 9.84 Å². The predicted octanol–water partition coefficient (Wildman–Crippen LogP) is 2.74. The van der Waals surface area contributed by atoms with Gasteiger partial charge in [-0.3, -0.25) is 0 Å². The van der Waals surface area contributed by atoms with Gasteiger partial charge in [-0.15, -0.1) is 0 Å². The molecule has 2 unspecified atom stereocenters. The Morgan fingerprint density at radius 2 is 1.69 bits per heavy atom. The Labute approximate surface area is 95.4 Å². The van der Waals surface area contributed by atoms with E-state index in [1.807, 2.05) is 0 Å². The van der Waals surface area contributed by atoms with Crippen molar-refractivity contribution in [3.8, 4) is 0 Å². The maximum atomic E-state index is 13.7. The lowest BCUT2D eigenvalue weighted by molar-refractivity contribution is 0.253. The molecule has 0 aromatic heterocycles. The van der Waals surface area contributed by atoms with E-state index in [4.69, 9.17) is 0 Å². The molecular formula is C12H15FO2S. The summed E-state index contributed by atoms with van der Waals surface area (Å²) in [5, 5.41) is -0.844. The van der Waals surface area contributed by atoms with Crippen molar-refractivity contribution in [3.05, 3.63) is 30.3 Å². The lowest BCUT2D eigenvalue weighted by atomic mass is 9.98. The van der Waals surface area contributed by atoms with Crippen molar-refractivity contribution in [2.45, 2.75) is 42.0 Å². The molecule has 0 saturated heterocycles. The molecule has 0 N–H and O–H groups in total. The number of hydrogen-bond donors (Lipinski definition) is 0. The maximum Gasteiger partial charge on any atom is 0.184 e. The Hall–Kier alpha value is -0.900. The summed E-state index contributed by atoms with van der Waals surface area (Å²) < 4.78 is 38.0. The second-order valence-electron chi connectivity index (χ2n) is 4.20. The normalized spacial score (nSPS) is 26.6. The van der Waals surface area contributed by atoms with Crippen LogP contribution in [0.15, 0.2) is 35.2 Å².